The molecule has 0 N–H and O–H groups in total. The highest BCUT2D eigenvalue weighted by molar-refractivity contribution is 5.83. The van der Waals surface area contributed by atoms with E-state index in [-0.39, 0.29) is 0 Å². The fourth-order valence-electron chi connectivity index (χ4n) is 7.03. The Morgan fingerprint density at radius 3 is 2.28 bits per heavy atom. The second kappa shape index (κ2) is 19.4. The number of aromatic nitrogens is 1. The summed E-state index contributed by atoms with van der Waals surface area (Å²) in [5.41, 5.74) is 9.08. The van der Waals surface area contributed by atoms with Crippen molar-refractivity contribution in [1.29, 1.82) is 0 Å². The van der Waals surface area contributed by atoms with Crippen LogP contribution in [0, 0.1) is 11.8 Å². The van der Waals surface area contributed by atoms with Crippen LogP contribution in [0.25, 0.3) is 16.5 Å². The molecule has 0 spiro atoms. The highest BCUT2D eigenvalue weighted by Crippen LogP contribution is 2.40. The minimum Gasteiger partial charge on any atom is -0.272 e. The van der Waals surface area contributed by atoms with Crippen LogP contribution in [0.4, 0.5) is 0 Å². The van der Waals surface area contributed by atoms with E-state index in [1.807, 2.05) is 6.20 Å². The number of unbranched alkanes of at least 4 members (excludes halogenated alkanes) is 5. The molecule has 2 aromatic rings. The predicted molar refractivity (Wildman–Crippen MR) is 203 cm³/mol. The van der Waals surface area contributed by atoms with Gasteiger partial charge in [-0.1, -0.05) is 81.5 Å². The first-order valence-electron chi connectivity index (χ1n) is 18.3. The lowest BCUT2D eigenvalue weighted by molar-refractivity contribution is 0.342. The summed E-state index contributed by atoms with van der Waals surface area (Å²) in [5.74, 6) is 1.89. The third-order valence-electron chi connectivity index (χ3n) is 10.1. The quantitative estimate of drug-likeness (QED) is 0.0630. The van der Waals surface area contributed by atoms with E-state index in [0.29, 0.717) is 17.8 Å². The monoisotopic (exact) mass is 617 g/mol. The van der Waals surface area contributed by atoms with Gasteiger partial charge < -0.3 is 0 Å². The SMILES string of the molecule is C=CC1CCC(/C(N=C)=C(/C=C\CC)C/C=C(/CC)CCCCCCCC/C(=C\N=C)c2ccc3nc(C4CC4)ccc3c2)CC1. The lowest BCUT2D eigenvalue weighted by Crippen LogP contribution is -2.15. The molecule has 0 amide bonds. The number of hydrogen-bond donors (Lipinski definition) is 0. The van der Waals surface area contributed by atoms with Crippen LogP contribution in [0.15, 0.2) is 94.2 Å². The minimum absolute atomic E-state index is 0.535. The van der Waals surface area contributed by atoms with E-state index < -0.39 is 0 Å². The summed E-state index contributed by atoms with van der Waals surface area (Å²) in [6, 6.07) is 11.1. The van der Waals surface area contributed by atoms with Gasteiger partial charge in [0.1, 0.15) is 0 Å². The van der Waals surface area contributed by atoms with E-state index in [0.717, 1.165) is 31.2 Å². The molecule has 1 heterocycles. The second-order valence-corrected chi connectivity index (χ2v) is 13.5. The molecule has 46 heavy (non-hydrogen) atoms. The second-order valence-electron chi connectivity index (χ2n) is 13.5. The van der Waals surface area contributed by atoms with E-state index in [9.17, 15) is 0 Å². The number of rotatable bonds is 20. The van der Waals surface area contributed by atoms with Crippen LogP contribution in [0.3, 0.4) is 0 Å². The Kier molecular flexibility index (Phi) is 14.9. The fourth-order valence-corrected chi connectivity index (χ4v) is 7.03. The molecule has 0 radical (unpaired) electrons. The van der Waals surface area contributed by atoms with Crippen molar-refractivity contribution in [3.63, 3.8) is 0 Å². The van der Waals surface area contributed by atoms with E-state index in [2.05, 4.69) is 98.5 Å². The maximum Gasteiger partial charge on any atom is 0.0705 e. The molecule has 0 unspecified atom stereocenters. The molecule has 1 aromatic carbocycles. The molecule has 2 aliphatic rings. The van der Waals surface area contributed by atoms with Gasteiger partial charge in [-0.15, -0.1) is 6.58 Å². The fraction of sp³-hybridized carbons (Fsp3) is 0.512. The summed E-state index contributed by atoms with van der Waals surface area (Å²) in [7, 11) is 0. The molecule has 246 valence electrons. The Hall–Kier alpha value is -3.33. The lowest BCUT2D eigenvalue weighted by atomic mass is 9.79. The van der Waals surface area contributed by atoms with Gasteiger partial charge >= 0.3 is 0 Å². The summed E-state index contributed by atoms with van der Waals surface area (Å²) >= 11 is 0. The molecular weight excluding hydrogens is 558 g/mol. The largest absolute Gasteiger partial charge is 0.272 e. The van der Waals surface area contributed by atoms with Crippen LogP contribution in [-0.4, -0.2) is 18.4 Å². The third kappa shape index (κ3) is 10.9. The predicted octanol–water partition coefficient (Wildman–Crippen LogP) is 12.9. The van der Waals surface area contributed by atoms with Crippen molar-refractivity contribution in [2.45, 2.75) is 129 Å². The van der Waals surface area contributed by atoms with Gasteiger partial charge in [0.15, 0.2) is 0 Å². The van der Waals surface area contributed by atoms with Gasteiger partial charge in [-0.25, -0.2) is 0 Å². The van der Waals surface area contributed by atoms with Gasteiger partial charge in [0, 0.05) is 34.8 Å². The van der Waals surface area contributed by atoms with Crippen molar-refractivity contribution in [2.24, 2.45) is 21.8 Å². The Morgan fingerprint density at radius 1 is 0.891 bits per heavy atom. The Bertz CT molecular complexity index is 1410. The molecule has 0 atom stereocenters. The number of fused-ring (bicyclic) bond motifs is 1. The van der Waals surface area contributed by atoms with Gasteiger partial charge in [-0.2, -0.15) is 0 Å². The van der Waals surface area contributed by atoms with Crippen molar-refractivity contribution >= 4 is 29.9 Å². The maximum atomic E-state index is 4.90. The van der Waals surface area contributed by atoms with E-state index >= 15 is 0 Å². The Labute approximate surface area is 280 Å². The summed E-state index contributed by atoms with van der Waals surface area (Å²) in [5, 5.41) is 1.21. The molecule has 2 fully saturated rings. The summed E-state index contributed by atoms with van der Waals surface area (Å²) in [6.07, 6.45) is 31.6. The molecular formula is C43H59N3. The van der Waals surface area contributed by atoms with Crippen molar-refractivity contribution in [3.05, 3.63) is 95.5 Å². The molecule has 1 aromatic heterocycles. The zero-order valence-corrected chi connectivity index (χ0v) is 29.0. The number of allylic oxidation sites excluding steroid dienone is 8. The smallest absolute Gasteiger partial charge is 0.0705 e. The van der Waals surface area contributed by atoms with E-state index in [4.69, 9.17) is 4.98 Å². The standard InChI is InChI=1S/C43H59N3/c1-6-9-17-36(43(45-5)37-23-20-34(8-3)21-24-37)22-19-33(7-2)16-14-12-10-11-13-15-18-40(32-44-4)38-27-29-42-39(31-38)28-30-41(46-42)35-25-26-35/h8-9,17,19,27-32,34-35,37H,3-7,10-16,18,20-26H2,1-2H3/b17-9-,33-19-,40-32+,43-36+. The van der Waals surface area contributed by atoms with Gasteiger partial charge in [-0.3, -0.25) is 15.0 Å². The van der Waals surface area contributed by atoms with Crippen molar-refractivity contribution < 1.29 is 0 Å². The number of benzene rings is 1. The zero-order valence-electron chi connectivity index (χ0n) is 29.0. The molecule has 4 rings (SSSR count). The zero-order chi connectivity index (χ0) is 32.6. The van der Waals surface area contributed by atoms with Crippen molar-refractivity contribution in [2.75, 3.05) is 0 Å². The molecule has 3 heteroatoms. The highest BCUT2D eigenvalue weighted by Gasteiger charge is 2.25. The normalized spacial score (nSPS) is 19.8. The Morgan fingerprint density at radius 2 is 1.63 bits per heavy atom. The molecule has 3 nitrogen and oxygen atoms in total. The van der Waals surface area contributed by atoms with Crippen LogP contribution in [-0.2, 0) is 0 Å². The van der Waals surface area contributed by atoms with Gasteiger partial charge in [0.25, 0.3) is 0 Å². The average molecular weight is 618 g/mol. The number of nitrogens with zero attached hydrogens (tertiary/aromatic N) is 3. The van der Waals surface area contributed by atoms with Crippen LogP contribution >= 0.6 is 0 Å². The summed E-state index contributed by atoms with van der Waals surface area (Å²) in [4.78, 5) is 13.6. The summed E-state index contributed by atoms with van der Waals surface area (Å²) in [6.45, 7) is 16.3. The molecule has 2 aliphatic carbocycles. The first-order chi connectivity index (χ1) is 22.6. The van der Waals surface area contributed by atoms with Crippen LogP contribution in [0.5, 0.6) is 0 Å². The highest BCUT2D eigenvalue weighted by atomic mass is 14.7. The van der Waals surface area contributed by atoms with Crippen LogP contribution in [0.1, 0.15) is 140 Å². The van der Waals surface area contributed by atoms with Gasteiger partial charge in [0.05, 0.1) is 5.52 Å². The first kappa shape index (κ1) is 35.5. The first-order valence-corrected chi connectivity index (χ1v) is 18.3. The van der Waals surface area contributed by atoms with Crippen molar-refractivity contribution in [1.82, 2.24) is 4.98 Å². The number of pyridine rings is 1. The lowest BCUT2D eigenvalue weighted by Gasteiger charge is -2.28. The van der Waals surface area contributed by atoms with Crippen LogP contribution in [0.2, 0.25) is 0 Å². The average Bonchev–Trinajstić information content (AvgIpc) is 3.95. The topological polar surface area (TPSA) is 37.6 Å². The van der Waals surface area contributed by atoms with Crippen LogP contribution < -0.4 is 0 Å². The van der Waals surface area contributed by atoms with Gasteiger partial charge in [-0.05, 0) is 138 Å². The molecule has 0 saturated heterocycles. The van der Waals surface area contributed by atoms with Crippen molar-refractivity contribution in [3.8, 4) is 0 Å². The molecule has 2 saturated carbocycles. The Balaban J connectivity index is 1.20. The number of hydrogen-bond acceptors (Lipinski definition) is 3. The van der Waals surface area contributed by atoms with E-state index in [1.165, 1.54) is 117 Å². The number of aliphatic imine (C=N–C) groups is 2. The minimum atomic E-state index is 0.535. The molecule has 0 aliphatic heterocycles. The van der Waals surface area contributed by atoms with E-state index in [1.54, 1.807) is 5.57 Å². The molecule has 0 bridgehead atoms. The maximum absolute atomic E-state index is 4.90. The summed E-state index contributed by atoms with van der Waals surface area (Å²) < 4.78 is 0. The third-order valence-corrected chi connectivity index (χ3v) is 10.1. The van der Waals surface area contributed by atoms with Gasteiger partial charge in [0.2, 0.25) is 0 Å².